The van der Waals surface area contributed by atoms with Gasteiger partial charge in [-0.1, -0.05) is 6.92 Å². The summed E-state index contributed by atoms with van der Waals surface area (Å²) in [4.78, 5) is 25.4. The average molecular weight is 289 g/mol. The van der Waals surface area contributed by atoms with Gasteiger partial charge in [-0.15, -0.1) is 0 Å². The van der Waals surface area contributed by atoms with Crippen LogP contribution in [-0.4, -0.2) is 41.1 Å². The first kappa shape index (κ1) is 13.9. The highest BCUT2D eigenvalue weighted by Gasteiger charge is 2.35. The lowest BCUT2D eigenvalue weighted by molar-refractivity contribution is -0.141. The summed E-state index contributed by atoms with van der Waals surface area (Å²) in [6.07, 6.45) is 2.75. The first-order valence-electron chi connectivity index (χ1n) is 7.36. The summed E-state index contributed by atoms with van der Waals surface area (Å²) < 4.78 is 5.45. The van der Waals surface area contributed by atoms with Crippen molar-refractivity contribution >= 4 is 11.9 Å². The fourth-order valence-corrected chi connectivity index (χ4v) is 2.64. The van der Waals surface area contributed by atoms with E-state index < -0.39 is 11.9 Å². The van der Waals surface area contributed by atoms with Gasteiger partial charge in [0, 0.05) is 24.6 Å². The zero-order valence-electron chi connectivity index (χ0n) is 12.0. The van der Waals surface area contributed by atoms with Crippen LogP contribution in [0, 0.1) is 5.92 Å². The number of ether oxygens (including phenoxy) is 1. The molecule has 5 heteroatoms. The highest BCUT2D eigenvalue weighted by Crippen LogP contribution is 2.31. The largest absolute Gasteiger partial charge is 0.493 e. The Morgan fingerprint density at radius 2 is 2.19 bits per heavy atom. The minimum absolute atomic E-state index is 0.0692. The molecule has 2 aliphatic rings. The van der Waals surface area contributed by atoms with E-state index in [4.69, 9.17) is 9.84 Å². The minimum Gasteiger partial charge on any atom is -0.493 e. The third-order valence-corrected chi connectivity index (χ3v) is 4.08. The molecule has 0 saturated heterocycles. The van der Waals surface area contributed by atoms with Crippen molar-refractivity contribution in [1.82, 2.24) is 4.90 Å². The molecular formula is C16H19NO4. The highest BCUT2D eigenvalue weighted by molar-refractivity contribution is 5.95. The molecule has 5 nitrogen and oxygen atoms in total. The van der Waals surface area contributed by atoms with Gasteiger partial charge < -0.3 is 14.7 Å². The van der Waals surface area contributed by atoms with Gasteiger partial charge >= 0.3 is 5.97 Å². The van der Waals surface area contributed by atoms with Gasteiger partial charge in [0.1, 0.15) is 5.75 Å². The van der Waals surface area contributed by atoms with Crippen LogP contribution in [0.2, 0.25) is 0 Å². The van der Waals surface area contributed by atoms with Gasteiger partial charge in [0.2, 0.25) is 0 Å². The molecule has 1 N–H and O–H groups in total. The Kier molecular flexibility index (Phi) is 3.57. The maximum absolute atomic E-state index is 12.7. The number of aliphatic carboxylic acids is 1. The summed E-state index contributed by atoms with van der Waals surface area (Å²) >= 11 is 0. The number of hydrogen-bond acceptors (Lipinski definition) is 3. The number of benzene rings is 1. The lowest BCUT2D eigenvalue weighted by Crippen LogP contribution is -2.38. The van der Waals surface area contributed by atoms with Crippen LogP contribution < -0.4 is 4.74 Å². The van der Waals surface area contributed by atoms with Crippen molar-refractivity contribution < 1.29 is 19.4 Å². The maximum Gasteiger partial charge on any atom is 0.308 e. The van der Waals surface area contributed by atoms with E-state index in [1.165, 1.54) is 0 Å². The molecular weight excluding hydrogens is 270 g/mol. The number of carboxylic acid groups (broad SMARTS) is 1. The first-order valence-corrected chi connectivity index (χ1v) is 7.36. The van der Waals surface area contributed by atoms with Crippen molar-refractivity contribution in [2.45, 2.75) is 32.2 Å². The van der Waals surface area contributed by atoms with Gasteiger partial charge in [-0.3, -0.25) is 9.59 Å². The minimum atomic E-state index is -0.865. The summed E-state index contributed by atoms with van der Waals surface area (Å²) in [5, 5.41) is 9.06. The summed E-state index contributed by atoms with van der Waals surface area (Å²) in [6, 6.07) is 5.68. The van der Waals surface area contributed by atoms with E-state index in [1.54, 1.807) is 17.9 Å². The molecule has 1 aromatic carbocycles. The van der Waals surface area contributed by atoms with E-state index in [1.807, 2.05) is 12.1 Å². The SMILES string of the molecule is CC(CN(C(=O)c1ccc2c(c1)CCO2)C1CC1)C(=O)O. The van der Waals surface area contributed by atoms with Crippen LogP contribution in [0.25, 0.3) is 0 Å². The molecule has 21 heavy (non-hydrogen) atoms. The molecule has 1 fully saturated rings. The Morgan fingerprint density at radius 3 is 2.86 bits per heavy atom. The van der Waals surface area contributed by atoms with E-state index in [0.29, 0.717) is 12.2 Å². The van der Waals surface area contributed by atoms with Gasteiger partial charge in [0.25, 0.3) is 5.91 Å². The van der Waals surface area contributed by atoms with Gasteiger partial charge in [0.15, 0.2) is 0 Å². The average Bonchev–Trinajstić information content (AvgIpc) is 3.20. The quantitative estimate of drug-likeness (QED) is 0.899. The first-order chi connectivity index (χ1) is 10.1. The second-order valence-corrected chi connectivity index (χ2v) is 5.85. The zero-order valence-corrected chi connectivity index (χ0v) is 12.0. The van der Waals surface area contributed by atoms with Crippen molar-refractivity contribution in [3.63, 3.8) is 0 Å². The predicted octanol–water partition coefficient (Wildman–Crippen LogP) is 1.95. The number of nitrogens with zero attached hydrogens (tertiary/aromatic N) is 1. The Labute approximate surface area is 123 Å². The molecule has 1 aliphatic carbocycles. The number of fused-ring (bicyclic) bond motifs is 1. The zero-order chi connectivity index (χ0) is 15.0. The molecule has 0 aromatic heterocycles. The Balaban J connectivity index is 1.79. The molecule has 1 unspecified atom stereocenters. The van der Waals surface area contributed by atoms with E-state index in [0.717, 1.165) is 30.6 Å². The number of carbonyl (C=O) groups is 2. The van der Waals surface area contributed by atoms with Crippen molar-refractivity contribution in [2.75, 3.05) is 13.2 Å². The molecule has 1 aliphatic heterocycles. The van der Waals surface area contributed by atoms with Gasteiger partial charge in [-0.25, -0.2) is 0 Å². The van der Waals surface area contributed by atoms with E-state index in [2.05, 4.69) is 0 Å². The van der Waals surface area contributed by atoms with E-state index in [-0.39, 0.29) is 18.5 Å². The molecule has 1 saturated carbocycles. The number of amides is 1. The smallest absolute Gasteiger partial charge is 0.308 e. The van der Waals surface area contributed by atoms with Crippen LogP contribution in [0.5, 0.6) is 5.75 Å². The molecule has 0 spiro atoms. The number of carboxylic acids is 1. The predicted molar refractivity (Wildman–Crippen MR) is 76.5 cm³/mol. The number of carbonyl (C=O) groups excluding carboxylic acids is 1. The van der Waals surface area contributed by atoms with Gasteiger partial charge in [-0.2, -0.15) is 0 Å². The molecule has 3 rings (SSSR count). The van der Waals surface area contributed by atoms with Gasteiger partial charge in [0.05, 0.1) is 12.5 Å². The van der Waals surface area contributed by atoms with Crippen LogP contribution in [0.1, 0.15) is 35.7 Å². The van der Waals surface area contributed by atoms with Crippen molar-refractivity contribution in [3.05, 3.63) is 29.3 Å². The number of rotatable bonds is 5. The van der Waals surface area contributed by atoms with Crippen LogP contribution >= 0.6 is 0 Å². The van der Waals surface area contributed by atoms with Crippen LogP contribution in [0.15, 0.2) is 18.2 Å². The lowest BCUT2D eigenvalue weighted by atomic mass is 10.1. The monoisotopic (exact) mass is 289 g/mol. The van der Waals surface area contributed by atoms with Crippen molar-refractivity contribution in [1.29, 1.82) is 0 Å². The Hall–Kier alpha value is -2.04. The van der Waals surface area contributed by atoms with Crippen molar-refractivity contribution in [2.24, 2.45) is 5.92 Å². The normalized spacial score (nSPS) is 17.8. The Morgan fingerprint density at radius 1 is 1.43 bits per heavy atom. The summed E-state index contributed by atoms with van der Waals surface area (Å²) in [7, 11) is 0. The topological polar surface area (TPSA) is 66.8 Å². The van der Waals surface area contributed by atoms with Gasteiger partial charge in [-0.05, 0) is 36.6 Å². The fraction of sp³-hybridized carbons (Fsp3) is 0.500. The molecule has 1 aromatic rings. The molecule has 0 radical (unpaired) electrons. The second kappa shape index (κ2) is 5.39. The summed E-state index contributed by atoms with van der Waals surface area (Å²) in [6.45, 7) is 2.57. The third kappa shape index (κ3) is 2.86. The third-order valence-electron chi connectivity index (χ3n) is 4.08. The van der Waals surface area contributed by atoms with Crippen molar-refractivity contribution in [3.8, 4) is 5.75 Å². The maximum atomic E-state index is 12.7. The Bertz CT molecular complexity index is 580. The van der Waals surface area contributed by atoms with Crippen LogP contribution in [0.3, 0.4) is 0 Å². The van der Waals surface area contributed by atoms with E-state index in [9.17, 15) is 9.59 Å². The lowest BCUT2D eigenvalue weighted by Gasteiger charge is -2.24. The second-order valence-electron chi connectivity index (χ2n) is 5.85. The number of hydrogen-bond donors (Lipinski definition) is 1. The summed E-state index contributed by atoms with van der Waals surface area (Å²) in [5.41, 5.74) is 1.69. The van der Waals surface area contributed by atoms with Crippen LogP contribution in [0.4, 0.5) is 0 Å². The fourth-order valence-electron chi connectivity index (χ4n) is 2.64. The van der Waals surface area contributed by atoms with E-state index >= 15 is 0 Å². The molecule has 0 bridgehead atoms. The molecule has 1 heterocycles. The van der Waals surface area contributed by atoms with Crippen LogP contribution in [-0.2, 0) is 11.2 Å². The highest BCUT2D eigenvalue weighted by atomic mass is 16.5. The molecule has 1 amide bonds. The standard InChI is InChI=1S/C16H19NO4/c1-10(16(19)20)9-17(13-3-4-13)15(18)12-2-5-14-11(8-12)6-7-21-14/h2,5,8,10,13H,3-4,6-7,9H2,1H3,(H,19,20). The molecule has 112 valence electrons. The molecule has 1 atom stereocenters. The summed E-state index contributed by atoms with van der Waals surface area (Å²) in [5.74, 6) is -0.633.